The zero-order valence-electron chi connectivity index (χ0n) is 9.75. The van der Waals surface area contributed by atoms with Crippen LogP contribution < -0.4 is 0 Å². The molecule has 2 nitrogen and oxygen atoms in total. The molecular weight excluding hydrogens is 174 g/mol. The molecule has 0 aromatic carbocycles. The molecule has 0 spiro atoms. The summed E-state index contributed by atoms with van der Waals surface area (Å²) in [6.07, 6.45) is 4.82. The van der Waals surface area contributed by atoms with Gasteiger partial charge < -0.3 is 0 Å². The second-order valence-corrected chi connectivity index (χ2v) is 4.59. The second kappa shape index (κ2) is 5.50. The maximum atomic E-state index is 11.7. The summed E-state index contributed by atoms with van der Waals surface area (Å²) < 4.78 is 0. The molecular formula is C12H23NO. The Morgan fingerprint density at radius 1 is 1.50 bits per heavy atom. The number of nitrogens with zero attached hydrogens (tertiary/aromatic N) is 1. The zero-order valence-corrected chi connectivity index (χ0v) is 9.75. The van der Waals surface area contributed by atoms with Crippen LogP contribution in [0, 0.1) is 5.92 Å². The molecule has 1 saturated heterocycles. The molecule has 0 radical (unpaired) electrons. The van der Waals surface area contributed by atoms with E-state index in [1.165, 1.54) is 19.3 Å². The quantitative estimate of drug-likeness (QED) is 0.690. The Bertz CT molecular complexity index is 191. The molecule has 2 unspecified atom stereocenters. The lowest BCUT2D eigenvalue weighted by Gasteiger charge is -2.33. The SMILES string of the molecule is CCC(C)C(=O)CN1CCCCC1C. The number of likely N-dealkylation sites (tertiary alicyclic amines) is 1. The number of rotatable bonds is 4. The molecule has 0 aromatic rings. The Hall–Kier alpha value is -0.370. The first-order chi connectivity index (χ1) is 6.65. The first kappa shape index (κ1) is 11.7. The Morgan fingerprint density at radius 2 is 2.21 bits per heavy atom. The Labute approximate surface area is 87.7 Å². The third-order valence-electron chi connectivity index (χ3n) is 3.46. The smallest absolute Gasteiger partial charge is 0.149 e. The van der Waals surface area contributed by atoms with Crippen LogP contribution in [0.25, 0.3) is 0 Å². The molecule has 1 fully saturated rings. The lowest BCUT2D eigenvalue weighted by molar-refractivity contribution is -0.124. The van der Waals surface area contributed by atoms with Gasteiger partial charge in [0.15, 0.2) is 0 Å². The maximum absolute atomic E-state index is 11.7. The van der Waals surface area contributed by atoms with Crippen molar-refractivity contribution < 1.29 is 4.79 Å². The van der Waals surface area contributed by atoms with E-state index in [1.807, 2.05) is 6.92 Å². The van der Waals surface area contributed by atoms with Gasteiger partial charge in [-0.2, -0.15) is 0 Å². The summed E-state index contributed by atoms with van der Waals surface area (Å²) in [6, 6.07) is 0.608. The number of hydrogen-bond donors (Lipinski definition) is 0. The van der Waals surface area contributed by atoms with E-state index in [0.29, 0.717) is 18.4 Å². The lowest BCUT2D eigenvalue weighted by Crippen LogP contribution is -2.41. The van der Waals surface area contributed by atoms with Crippen molar-refractivity contribution in [3.8, 4) is 0 Å². The predicted molar refractivity (Wildman–Crippen MR) is 59.3 cm³/mol. The number of carbonyl (C=O) groups excluding carboxylic acids is 1. The van der Waals surface area contributed by atoms with Crippen molar-refractivity contribution in [3.63, 3.8) is 0 Å². The van der Waals surface area contributed by atoms with E-state index in [0.717, 1.165) is 13.0 Å². The second-order valence-electron chi connectivity index (χ2n) is 4.59. The Kier molecular flexibility index (Phi) is 4.59. The number of hydrogen-bond acceptors (Lipinski definition) is 2. The molecule has 0 aromatic heterocycles. The first-order valence-electron chi connectivity index (χ1n) is 5.92. The fourth-order valence-electron chi connectivity index (χ4n) is 1.98. The van der Waals surface area contributed by atoms with Crippen molar-refractivity contribution in [1.29, 1.82) is 0 Å². The molecule has 0 saturated carbocycles. The van der Waals surface area contributed by atoms with Crippen LogP contribution in [-0.2, 0) is 4.79 Å². The van der Waals surface area contributed by atoms with E-state index in [-0.39, 0.29) is 5.92 Å². The molecule has 82 valence electrons. The molecule has 1 aliphatic heterocycles. The predicted octanol–water partition coefficient (Wildman–Crippen LogP) is 2.48. The summed E-state index contributed by atoms with van der Waals surface area (Å²) in [7, 11) is 0. The minimum absolute atomic E-state index is 0.240. The third kappa shape index (κ3) is 3.09. The molecule has 0 amide bonds. The van der Waals surface area contributed by atoms with Crippen molar-refractivity contribution >= 4 is 5.78 Å². The van der Waals surface area contributed by atoms with Crippen molar-refractivity contribution in [3.05, 3.63) is 0 Å². The summed E-state index contributed by atoms with van der Waals surface area (Å²) in [5, 5.41) is 0. The van der Waals surface area contributed by atoms with Crippen molar-refractivity contribution in [1.82, 2.24) is 4.90 Å². The molecule has 1 rings (SSSR count). The van der Waals surface area contributed by atoms with Gasteiger partial charge in [0.05, 0.1) is 6.54 Å². The van der Waals surface area contributed by atoms with Gasteiger partial charge in [-0.15, -0.1) is 0 Å². The zero-order chi connectivity index (χ0) is 10.6. The summed E-state index contributed by atoms with van der Waals surface area (Å²) in [4.78, 5) is 14.1. The van der Waals surface area contributed by atoms with Gasteiger partial charge in [-0.1, -0.05) is 20.3 Å². The van der Waals surface area contributed by atoms with E-state index in [1.54, 1.807) is 0 Å². The van der Waals surface area contributed by atoms with Crippen LogP contribution in [0.1, 0.15) is 46.5 Å². The fourth-order valence-corrected chi connectivity index (χ4v) is 1.98. The fraction of sp³-hybridized carbons (Fsp3) is 0.917. The minimum Gasteiger partial charge on any atom is -0.298 e. The molecule has 2 heteroatoms. The highest BCUT2D eigenvalue weighted by Crippen LogP contribution is 2.17. The van der Waals surface area contributed by atoms with Gasteiger partial charge in [-0.3, -0.25) is 9.69 Å². The van der Waals surface area contributed by atoms with Crippen LogP contribution in [-0.4, -0.2) is 29.8 Å². The van der Waals surface area contributed by atoms with Crippen molar-refractivity contribution in [2.75, 3.05) is 13.1 Å². The average molecular weight is 197 g/mol. The summed E-state index contributed by atoms with van der Waals surface area (Å²) in [6.45, 7) is 8.15. The van der Waals surface area contributed by atoms with Crippen LogP contribution in [0.2, 0.25) is 0 Å². The molecule has 0 bridgehead atoms. The summed E-state index contributed by atoms with van der Waals surface area (Å²) in [5.41, 5.74) is 0. The van der Waals surface area contributed by atoms with Gasteiger partial charge in [0.2, 0.25) is 0 Å². The van der Waals surface area contributed by atoms with Crippen LogP contribution in [0.15, 0.2) is 0 Å². The highest BCUT2D eigenvalue weighted by Gasteiger charge is 2.22. The monoisotopic (exact) mass is 197 g/mol. The van der Waals surface area contributed by atoms with E-state index in [2.05, 4.69) is 18.7 Å². The van der Waals surface area contributed by atoms with Gasteiger partial charge in [0.1, 0.15) is 5.78 Å². The summed E-state index contributed by atoms with van der Waals surface area (Å²) in [5.74, 6) is 0.658. The average Bonchev–Trinajstić information content (AvgIpc) is 2.20. The first-order valence-corrected chi connectivity index (χ1v) is 5.92. The van der Waals surface area contributed by atoms with Crippen LogP contribution >= 0.6 is 0 Å². The summed E-state index contributed by atoms with van der Waals surface area (Å²) >= 11 is 0. The number of Topliss-reactive ketones (excluding diaryl/α,β-unsaturated/α-hetero) is 1. The van der Waals surface area contributed by atoms with Crippen molar-refractivity contribution in [2.24, 2.45) is 5.92 Å². The van der Waals surface area contributed by atoms with Gasteiger partial charge >= 0.3 is 0 Å². The van der Waals surface area contributed by atoms with Crippen LogP contribution in [0.3, 0.4) is 0 Å². The van der Waals surface area contributed by atoms with Gasteiger partial charge in [0, 0.05) is 12.0 Å². The van der Waals surface area contributed by atoms with E-state index in [4.69, 9.17) is 0 Å². The molecule has 1 aliphatic rings. The largest absolute Gasteiger partial charge is 0.298 e. The standard InChI is InChI=1S/C12H23NO/c1-4-10(2)12(14)9-13-8-6-5-7-11(13)3/h10-11H,4-9H2,1-3H3. The van der Waals surface area contributed by atoms with E-state index < -0.39 is 0 Å². The molecule has 0 N–H and O–H groups in total. The molecule has 2 atom stereocenters. The topological polar surface area (TPSA) is 20.3 Å². The highest BCUT2D eigenvalue weighted by atomic mass is 16.1. The molecule has 0 aliphatic carbocycles. The number of ketones is 1. The molecule has 1 heterocycles. The Morgan fingerprint density at radius 3 is 2.79 bits per heavy atom. The van der Waals surface area contributed by atoms with Gasteiger partial charge in [-0.05, 0) is 32.7 Å². The van der Waals surface area contributed by atoms with Gasteiger partial charge in [0.25, 0.3) is 0 Å². The lowest BCUT2D eigenvalue weighted by atomic mass is 9.99. The van der Waals surface area contributed by atoms with Crippen molar-refractivity contribution in [2.45, 2.75) is 52.5 Å². The van der Waals surface area contributed by atoms with Crippen LogP contribution in [0.4, 0.5) is 0 Å². The number of piperidine rings is 1. The normalized spacial score (nSPS) is 26.1. The van der Waals surface area contributed by atoms with E-state index in [9.17, 15) is 4.79 Å². The number of carbonyl (C=O) groups is 1. The Balaban J connectivity index is 2.38. The van der Waals surface area contributed by atoms with Gasteiger partial charge in [-0.25, -0.2) is 0 Å². The maximum Gasteiger partial charge on any atom is 0.149 e. The van der Waals surface area contributed by atoms with E-state index >= 15 is 0 Å². The third-order valence-corrected chi connectivity index (χ3v) is 3.46. The molecule has 14 heavy (non-hydrogen) atoms. The minimum atomic E-state index is 0.240. The highest BCUT2D eigenvalue weighted by molar-refractivity contribution is 5.82. The van der Waals surface area contributed by atoms with Crippen LogP contribution in [0.5, 0.6) is 0 Å².